The Morgan fingerprint density at radius 3 is 2.75 bits per heavy atom. The van der Waals surface area contributed by atoms with E-state index in [9.17, 15) is 0 Å². The van der Waals surface area contributed by atoms with Crippen LogP contribution in [0.4, 0.5) is 10.1 Å². The van der Waals surface area contributed by atoms with Gasteiger partial charge in [0.2, 0.25) is 0 Å². The highest BCUT2D eigenvalue weighted by molar-refractivity contribution is 5.59. The summed E-state index contributed by atoms with van der Waals surface area (Å²) in [6, 6.07) is 10.2. The van der Waals surface area contributed by atoms with Crippen molar-refractivity contribution < 1.29 is 9.13 Å². The van der Waals surface area contributed by atoms with Crippen LogP contribution in [0, 0.1) is 11.7 Å². The summed E-state index contributed by atoms with van der Waals surface area (Å²) in [6.45, 7) is 2.36. The number of piperidine rings is 1. The summed E-state index contributed by atoms with van der Waals surface area (Å²) in [7, 11) is 0. The summed E-state index contributed by atoms with van der Waals surface area (Å²) in [5, 5.41) is 8.39. The average Bonchev–Trinajstić information content (AvgIpc) is 3.35. The number of nitrogens with zero attached hydrogens (tertiary/aromatic N) is 4. The van der Waals surface area contributed by atoms with Gasteiger partial charge in [-0.15, -0.1) is 10.2 Å². The zero-order chi connectivity index (χ0) is 18.7. The number of fused-ring (bicyclic) bond motifs is 3. The Bertz CT molecular complexity index is 1050. The molecule has 2 aromatic heterocycles. The quantitative estimate of drug-likeness (QED) is 0.696. The van der Waals surface area contributed by atoms with Crippen LogP contribution in [0.15, 0.2) is 36.5 Å². The predicted octanol–water partition coefficient (Wildman–Crippen LogP) is 3.75. The van der Waals surface area contributed by atoms with Gasteiger partial charge in [-0.05, 0) is 43.7 Å². The van der Waals surface area contributed by atoms with Crippen LogP contribution in [0.25, 0.3) is 5.65 Å². The molecule has 3 aromatic rings. The summed E-state index contributed by atoms with van der Waals surface area (Å²) in [5.74, 6) is 2.33. The summed E-state index contributed by atoms with van der Waals surface area (Å²) in [5.41, 5.74) is 2.37. The number of pyridine rings is 1. The molecular formula is C22H23FN4O. The molecule has 6 heteroatoms. The van der Waals surface area contributed by atoms with Crippen LogP contribution < -0.4 is 9.64 Å². The summed E-state index contributed by atoms with van der Waals surface area (Å²) in [6.07, 6.45) is 7.26. The van der Waals surface area contributed by atoms with Crippen LogP contribution in [0.1, 0.15) is 37.1 Å². The lowest BCUT2D eigenvalue weighted by atomic mass is 9.74. The predicted molar refractivity (Wildman–Crippen MR) is 104 cm³/mol. The second kappa shape index (κ2) is 5.93. The Hall–Kier alpha value is -2.63. The van der Waals surface area contributed by atoms with E-state index >= 15 is 4.39 Å². The minimum absolute atomic E-state index is 0.0694. The first-order chi connectivity index (χ1) is 13.7. The Morgan fingerprint density at radius 1 is 1.11 bits per heavy atom. The van der Waals surface area contributed by atoms with E-state index in [2.05, 4.69) is 33.3 Å². The second-order valence-electron chi connectivity index (χ2n) is 8.52. The molecule has 0 N–H and O–H groups in total. The van der Waals surface area contributed by atoms with E-state index in [0.29, 0.717) is 17.3 Å². The highest BCUT2D eigenvalue weighted by Gasteiger charge is 2.43. The number of rotatable bonds is 3. The molecule has 0 bridgehead atoms. The third-order valence-corrected chi connectivity index (χ3v) is 6.76. The molecule has 1 saturated heterocycles. The van der Waals surface area contributed by atoms with Crippen molar-refractivity contribution in [2.24, 2.45) is 5.92 Å². The van der Waals surface area contributed by atoms with Crippen LogP contribution >= 0.6 is 0 Å². The maximum absolute atomic E-state index is 15.2. The Morgan fingerprint density at radius 2 is 1.93 bits per heavy atom. The molecule has 1 aromatic carbocycles. The van der Waals surface area contributed by atoms with Gasteiger partial charge in [-0.1, -0.05) is 18.2 Å². The van der Waals surface area contributed by atoms with Gasteiger partial charge in [0.25, 0.3) is 0 Å². The topological polar surface area (TPSA) is 42.7 Å². The van der Waals surface area contributed by atoms with Crippen LogP contribution in [-0.4, -0.2) is 34.3 Å². The molecule has 0 atom stereocenters. The molecule has 3 aliphatic rings. The lowest BCUT2D eigenvalue weighted by Crippen LogP contribution is -2.44. The van der Waals surface area contributed by atoms with Crippen LogP contribution in [-0.2, 0) is 11.8 Å². The van der Waals surface area contributed by atoms with Gasteiger partial charge >= 0.3 is 0 Å². The molecule has 4 heterocycles. The third kappa shape index (κ3) is 2.43. The van der Waals surface area contributed by atoms with Crippen molar-refractivity contribution in [3.05, 3.63) is 53.7 Å². The van der Waals surface area contributed by atoms with Crippen LogP contribution in [0.3, 0.4) is 0 Å². The van der Waals surface area contributed by atoms with Crippen LogP contribution in [0.5, 0.6) is 5.75 Å². The van der Waals surface area contributed by atoms with Crippen molar-refractivity contribution in [1.82, 2.24) is 14.6 Å². The van der Waals surface area contributed by atoms with Gasteiger partial charge in [-0.2, -0.15) is 0 Å². The normalized spacial score (nSPS) is 20.5. The second-order valence-corrected chi connectivity index (χ2v) is 8.52. The zero-order valence-electron chi connectivity index (χ0n) is 15.8. The van der Waals surface area contributed by atoms with Crippen molar-refractivity contribution in [1.29, 1.82) is 0 Å². The van der Waals surface area contributed by atoms with Gasteiger partial charge in [0, 0.05) is 36.7 Å². The van der Waals surface area contributed by atoms with E-state index in [0.717, 1.165) is 50.5 Å². The zero-order valence-corrected chi connectivity index (χ0v) is 15.8. The van der Waals surface area contributed by atoms with Crippen molar-refractivity contribution in [2.75, 3.05) is 24.6 Å². The Labute approximate surface area is 163 Å². The first-order valence-electron chi connectivity index (χ1n) is 10.2. The van der Waals surface area contributed by atoms with Gasteiger partial charge in [0.1, 0.15) is 11.6 Å². The fourth-order valence-corrected chi connectivity index (χ4v) is 4.84. The number of para-hydroxylation sites is 1. The molecule has 2 aliphatic heterocycles. The van der Waals surface area contributed by atoms with E-state index < -0.39 is 0 Å². The highest BCUT2D eigenvalue weighted by Crippen LogP contribution is 2.46. The average molecular weight is 378 g/mol. The fourth-order valence-electron chi connectivity index (χ4n) is 4.84. The summed E-state index contributed by atoms with van der Waals surface area (Å²) >= 11 is 0. The minimum Gasteiger partial charge on any atom is -0.492 e. The number of hydrogen-bond donors (Lipinski definition) is 0. The molecule has 5 nitrogen and oxygen atoms in total. The molecule has 144 valence electrons. The maximum atomic E-state index is 15.2. The van der Waals surface area contributed by atoms with Gasteiger partial charge in [0.05, 0.1) is 12.3 Å². The van der Waals surface area contributed by atoms with E-state index in [1.807, 2.05) is 22.7 Å². The van der Waals surface area contributed by atoms with Gasteiger partial charge in [0.15, 0.2) is 11.5 Å². The van der Waals surface area contributed by atoms with Gasteiger partial charge < -0.3 is 9.64 Å². The molecule has 0 unspecified atom stereocenters. The van der Waals surface area contributed by atoms with Crippen LogP contribution in [0.2, 0.25) is 0 Å². The van der Waals surface area contributed by atoms with Crippen molar-refractivity contribution in [3.63, 3.8) is 0 Å². The SMILES string of the molecule is Fc1c(N2CCC3(CC2)COc2ccccc23)ccn2c(CC3CC3)nnc12. The lowest BCUT2D eigenvalue weighted by Gasteiger charge is -2.39. The number of hydrogen-bond acceptors (Lipinski definition) is 4. The Balaban J connectivity index is 1.26. The molecule has 1 aliphatic carbocycles. The van der Waals surface area contributed by atoms with Crippen molar-refractivity contribution in [3.8, 4) is 5.75 Å². The van der Waals surface area contributed by atoms with E-state index in [4.69, 9.17) is 4.74 Å². The number of aromatic nitrogens is 3. The van der Waals surface area contributed by atoms with E-state index in [1.54, 1.807) is 0 Å². The standard InChI is InChI=1S/C22H23FN4O/c23-20-17(7-10-27-19(13-15-5-6-15)24-25-21(20)27)26-11-8-22(9-12-26)14-28-18-4-2-1-3-16(18)22/h1-4,7,10,15H,5-6,8-9,11-14H2. The first kappa shape index (κ1) is 16.3. The van der Waals surface area contributed by atoms with Crippen molar-refractivity contribution in [2.45, 2.75) is 37.5 Å². The molecule has 2 fully saturated rings. The number of benzene rings is 1. The minimum atomic E-state index is -0.254. The first-order valence-corrected chi connectivity index (χ1v) is 10.2. The lowest BCUT2D eigenvalue weighted by molar-refractivity contribution is 0.230. The van der Waals surface area contributed by atoms with Crippen molar-refractivity contribution >= 4 is 11.3 Å². The molecule has 6 rings (SSSR count). The Kier molecular flexibility index (Phi) is 3.46. The fraction of sp³-hybridized carbons (Fsp3) is 0.455. The number of halogens is 1. The summed E-state index contributed by atoms with van der Waals surface area (Å²) in [4.78, 5) is 2.15. The largest absolute Gasteiger partial charge is 0.492 e. The van der Waals surface area contributed by atoms with E-state index in [1.165, 1.54) is 18.4 Å². The van der Waals surface area contributed by atoms with Gasteiger partial charge in [-0.3, -0.25) is 4.40 Å². The number of ether oxygens (including phenoxy) is 1. The highest BCUT2D eigenvalue weighted by atomic mass is 19.1. The summed E-state index contributed by atoms with van der Waals surface area (Å²) < 4.78 is 23.0. The third-order valence-electron chi connectivity index (χ3n) is 6.76. The molecule has 1 spiro atoms. The number of anilines is 1. The maximum Gasteiger partial charge on any atom is 0.199 e. The monoisotopic (exact) mass is 378 g/mol. The molecule has 28 heavy (non-hydrogen) atoms. The molecular weight excluding hydrogens is 355 g/mol. The van der Waals surface area contributed by atoms with E-state index in [-0.39, 0.29) is 11.2 Å². The smallest absolute Gasteiger partial charge is 0.199 e. The molecule has 0 amide bonds. The molecule has 0 radical (unpaired) electrons. The molecule has 1 saturated carbocycles. The van der Waals surface area contributed by atoms with Gasteiger partial charge in [-0.25, -0.2) is 4.39 Å².